The van der Waals surface area contributed by atoms with Crippen molar-refractivity contribution in [2.45, 2.75) is 59.5 Å². The Balaban J connectivity index is 1.73. The van der Waals surface area contributed by atoms with Gasteiger partial charge in [-0.15, -0.1) is 0 Å². The second kappa shape index (κ2) is 8.20. The summed E-state index contributed by atoms with van der Waals surface area (Å²) in [6.45, 7) is 10.4. The van der Waals surface area contributed by atoms with Crippen LogP contribution in [0.1, 0.15) is 58.5 Å². The van der Waals surface area contributed by atoms with E-state index in [2.05, 4.69) is 11.9 Å². The van der Waals surface area contributed by atoms with Crippen molar-refractivity contribution in [2.24, 2.45) is 0 Å². The van der Waals surface area contributed by atoms with Crippen molar-refractivity contribution in [3.63, 3.8) is 0 Å². The fourth-order valence-corrected chi connectivity index (χ4v) is 5.24. The molecule has 1 unspecified atom stereocenters. The van der Waals surface area contributed by atoms with E-state index in [0.717, 1.165) is 69.1 Å². The zero-order valence-corrected chi connectivity index (χ0v) is 19.9. The number of nitrogens with one attached hydrogen (secondary N) is 1. The number of fused-ring (bicyclic) bond motifs is 1. The third-order valence-corrected chi connectivity index (χ3v) is 7.37. The number of aromatic amines is 1. The SMILES string of the molecule is CCOc1cc(Cc2sc(=O)[nH]c2O)ccc1C1(C)CCc2c(C)c(O)c(C)c(C)c2O1. The molecule has 4 rings (SSSR count). The first-order chi connectivity index (χ1) is 15.1. The number of H-pyrrole nitrogens is 1. The molecule has 32 heavy (non-hydrogen) atoms. The summed E-state index contributed by atoms with van der Waals surface area (Å²) in [4.78, 5) is 14.3. The van der Waals surface area contributed by atoms with Crippen molar-refractivity contribution in [1.82, 2.24) is 4.98 Å². The summed E-state index contributed by atoms with van der Waals surface area (Å²) in [5, 5.41) is 20.4. The first kappa shape index (κ1) is 22.3. The molecule has 170 valence electrons. The van der Waals surface area contributed by atoms with Crippen LogP contribution in [0, 0.1) is 20.8 Å². The highest BCUT2D eigenvalue weighted by Crippen LogP contribution is 2.48. The summed E-state index contributed by atoms with van der Waals surface area (Å²) in [5.74, 6) is 1.86. The minimum absolute atomic E-state index is 0.0781. The quantitative estimate of drug-likeness (QED) is 0.503. The van der Waals surface area contributed by atoms with Crippen LogP contribution in [0.15, 0.2) is 23.0 Å². The highest BCUT2D eigenvalue weighted by atomic mass is 32.1. The van der Waals surface area contributed by atoms with Crippen molar-refractivity contribution in [2.75, 3.05) is 6.61 Å². The number of phenols is 1. The van der Waals surface area contributed by atoms with E-state index in [1.165, 1.54) is 0 Å². The summed E-state index contributed by atoms with van der Waals surface area (Å²) in [7, 11) is 0. The molecule has 0 amide bonds. The molecule has 0 bridgehead atoms. The topological polar surface area (TPSA) is 91.8 Å². The Morgan fingerprint density at radius 2 is 1.94 bits per heavy atom. The maximum absolute atomic E-state index is 11.5. The van der Waals surface area contributed by atoms with E-state index in [-0.39, 0.29) is 10.8 Å². The number of ether oxygens (including phenoxy) is 2. The van der Waals surface area contributed by atoms with E-state index < -0.39 is 5.60 Å². The van der Waals surface area contributed by atoms with Crippen molar-refractivity contribution >= 4 is 11.3 Å². The Kier molecular flexibility index (Phi) is 5.71. The highest BCUT2D eigenvalue weighted by molar-refractivity contribution is 7.09. The summed E-state index contributed by atoms with van der Waals surface area (Å²) in [5.41, 5.74) is 5.07. The van der Waals surface area contributed by atoms with Gasteiger partial charge in [-0.25, -0.2) is 0 Å². The van der Waals surface area contributed by atoms with Crippen LogP contribution < -0.4 is 14.3 Å². The molecule has 1 aromatic heterocycles. The van der Waals surface area contributed by atoms with Gasteiger partial charge >= 0.3 is 4.87 Å². The van der Waals surface area contributed by atoms with E-state index in [9.17, 15) is 15.0 Å². The van der Waals surface area contributed by atoms with Gasteiger partial charge in [-0.1, -0.05) is 23.5 Å². The second-order valence-corrected chi connectivity index (χ2v) is 9.66. The fraction of sp³-hybridized carbons (Fsp3) is 0.400. The number of aromatic hydroxyl groups is 2. The molecular weight excluding hydrogens is 426 g/mol. The lowest BCUT2D eigenvalue weighted by Crippen LogP contribution is -2.35. The van der Waals surface area contributed by atoms with Gasteiger partial charge in [0.05, 0.1) is 11.5 Å². The van der Waals surface area contributed by atoms with E-state index in [1.807, 2.05) is 45.9 Å². The van der Waals surface area contributed by atoms with E-state index >= 15 is 0 Å². The minimum atomic E-state index is -0.586. The molecule has 1 aliphatic heterocycles. The van der Waals surface area contributed by atoms with Gasteiger partial charge in [-0.2, -0.15) is 0 Å². The van der Waals surface area contributed by atoms with Crippen LogP contribution in [0.25, 0.3) is 0 Å². The van der Waals surface area contributed by atoms with Crippen LogP contribution in [0.4, 0.5) is 0 Å². The molecule has 3 aromatic rings. The number of aromatic nitrogens is 1. The predicted octanol–water partition coefficient (Wildman–Crippen LogP) is 5.00. The molecule has 0 spiro atoms. The van der Waals surface area contributed by atoms with Gasteiger partial charge in [-0.3, -0.25) is 9.78 Å². The van der Waals surface area contributed by atoms with Crippen LogP contribution in [0.5, 0.6) is 23.1 Å². The molecule has 1 aliphatic rings. The molecule has 2 heterocycles. The van der Waals surface area contributed by atoms with Crippen LogP contribution in [-0.4, -0.2) is 21.8 Å². The number of hydrogen-bond donors (Lipinski definition) is 3. The summed E-state index contributed by atoms with van der Waals surface area (Å²) >= 11 is 1.01. The van der Waals surface area contributed by atoms with Gasteiger partial charge in [0, 0.05) is 17.5 Å². The monoisotopic (exact) mass is 455 g/mol. The average Bonchev–Trinajstić information content (AvgIpc) is 3.07. The fourth-order valence-electron chi connectivity index (χ4n) is 4.48. The summed E-state index contributed by atoms with van der Waals surface area (Å²) in [6, 6.07) is 5.98. The number of benzene rings is 2. The Labute approximate surface area is 191 Å². The van der Waals surface area contributed by atoms with Crippen LogP contribution in [0.2, 0.25) is 0 Å². The average molecular weight is 456 g/mol. The van der Waals surface area contributed by atoms with Crippen molar-refractivity contribution in [3.8, 4) is 23.1 Å². The van der Waals surface area contributed by atoms with Gasteiger partial charge < -0.3 is 19.7 Å². The third-order valence-electron chi connectivity index (χ3n) is 6.50. The molecule has 0 fully saturated rings. The first-order valence-corrected chi connectivity index (χ1v) is 11.6. The van der Waals surface area contributed by atoms with E-state index in [0.29, 0.717) is 23.7 Å². The van der Waals surface area contributed by atoms with Gasteiger partial charge in [0.1, 0.15) is 22.8 Å². The lowest BCUT2D eigenvalue weighted by molar-refractivity contribution is 0.0579. The Bertz CT molecular complexity index is 1240. The van der Waals surface area contributed by atoms with E-state index in [4.69, 9.17) is 9.47 Å². The molecule has 6 nitrogen and oxygen atoms in total. The lowest BCUT2D eigenvalue weighted by atomic mass is 9.82. The van der Waals surface area contributed by atoms with Crippen molar-refractivity contribution in [1.29, 1.82) is 0 Å². The molecule has 1 atom stereocenters. The molecule has 2 aromatic carbocycles. The highest BCUT2D eigenvalue weighted by Gasteiger charge is 2.38. The number of rotatable bonds is 5. The third kappa shape index (κ3) is 3.75. The Morgan fingerprint density at radius 3 is 2.59 bits per heavy atom. The molecule has 0 radical (unpaired) electrons. The first-order valence-electron chi connectivity index (χ1n) is 10.8. The molecule has 0 aliphatic carbocycles. The molecular formula is C25H29NO5S. The second-order valence-electron chi connectivity index (χ2n) is 8.59. The maximum Gasteiger partial charge on any atom is 0.307 e. The van der Waals surface area contributed by atoms with Crippen LogP contribution in [0.3, 0.4) is 0 Å². The van der Waals surface area contributed by atoms with E-state index in [1.54, 1.807) is 0 Å². The molecule has 7 heteroatoms. The summed E-state index contributed by atoms with van der Waals surface area (Å²) in [6.07, 6.45) is 1.99. The smallest absolute Gasteiger partial charge is 0.307 e. The van der Waals surface area contributed by atoms with Crippen molar-refractivity contribution in [3.05, 3.63) is 66.1 Å². The predicted molar refractivity (Wildman–Crippen MR) is 126 cm³/mol. The van der Waals surface area contributed by atoms with Gasteiger partial charge in [0.2, 0.25) is 5.88 Å². The van der Waals surface area contributed by atoms with Gasteiger partial charge in [0.15, 0.2) is 0 Å². The molecule has 0 saturated heterocycles. The Hall–Kier alpha value is -2.93. The summed E-state index contributed by atoms with van der Waals surface area (Å²) < 4.78 is 12.7. The zero-order chi connectivity index (χ0) is 23.2. The minimum Gasteiger partial charge on any atom is -0.507 e. The maximum atomic E-state index is 11.5. The van der Waals surface area contributed by atoms with Crippen LogP contribution >= 0.6 is 11.3 Å². The number of thiazole rings is 1. The standard InChI is InChI=1S/C25H29NO5S/c1-6-30-19-11-16(12-20-23(28)26-24(29)32-20)7-8-18(19)25(5)10-9-17-15(4)21(27)13(2)14(3)22(17)31-25/h7-8,11,27-28H,6,9-10,12H2,1-5H3,(H,26,29). The normalized spacial score (nSPS) is 17.7. The lowest BCUT2D eigenvalue weighted by Gasteiger charge is -2.39. The van der Waals surface area contributed by atoms with Crippen molar-refractivity contribution < 1.29 is 19.7 Å². The van der Waals surface area contributed by atoms with Crippen LogP contribution in [-0.2, 0) is 18.4 Å². The largest absolute Gasteiger partial charge is 0.507 e. The zero-order valence-electron chi connectivity index (χ0n) is 19.1. The number of phenolic OH excluding ortho intramolecular Hbond substituents is 1. The van der Waals surface area contributed by atoms with Gasteiger partial charge in [0.25, 0.3) is 0 Å². The Morgan fingerprint density at radius 1 is 1.19 bits per heavy atom. The number of hydrogen-bond acceptors (Lipinski definition) is 6. The molecule has 0 saturated carbocycles. The van der Waals surface area contributed by atoms with Gasteiger partial charge in [-0.05, 0) is 75.8 Å². The molecule has 3 N–H and O–H groups in total.